The van der Waals surface area contributed by atoms with Crippen molar-refractivity contribution < 1.29 is 9.18 Å². The lowest BCUT2D eigenvalue weighted by Crippen LogP contribution is -2.33. The maximum Gasteiger partial charge on any atom is 0.263 e. The molecule has 0 fully saturated rings. The van der Waals surface area contributed by atoms with Crippen molar-refractivity contribution in [1.82, 2.24) is 4.98 Å². The molecule has 1 aliphatic rings. The lowest BCUT2D eigenvalue weighted by Gasteiger charge is -2.17. The van der Waals surface area contributed by atoms with Crippen LogP contribution in [-0.2, 0) is 6.42 Å². The van der Waals surface area contributed by atoms with Gasteiger partial charge in [-0.1, -0.05) is 18.2 Å². The average Bonchev–Trinajstić information content (AvgIpc) is 2.99. The number of H-pyrrole nitrogens is 1. The maximum atomic E-state index is 13.4. The van der Waals surface area contributed by atoms with Crippen LogP contribution in [-0.4, -0.2) is 17.4 Å². The van der Waals surface area contributed by atoms with Crippen molar-refractivity contribution in [2.75, 3.05) is 11.4 Å². The topological polar surface area (TPSA) is 53.2 Å². The van der Waals surface area contributed by atoms with Crippen LogP contribution < -0.4 is 10.3 Å². The second kappa shape index (κ2) is 5.05. The summed E-state index contributed by atoms with van der Waals surface area (Å²) in [5.74, 6) is -0.860. The Labute approximate surface area is 131 Å². The van der Waals surface area contributed by atoms with Gasteiger partial charge in [-0.15, -0.1) is 0 Å². The molecule has 1 N–H and O–H groups in total. The number of nitrogens with zero attached hydrogens (tertiary/aromatic N) is 1. The van der Waals surface area contributed by atoms with Crippen LogP contribution in [0.3, 0.4) is 0 Å². The van der Waals surface area contributed by atoms with E-state index in [9.17, 15) is 14.0 Å². The van der Waals surface area contributed by atoms with E-state index in [0.717, 1.165) is 23.7 Å². The molecule has 1 aromatic heterocycles. The van der Waals surface area contributed by atoms with Gasteiger partial charge in [0.1, 0.15) is 11.4 Å². The molecule has 114 valence electrons. The van der Waals surface area contributed by atoms with Gasteiger partial charge in [-0.3, -0.25) is 9.59 Å². The Balaban J connectivity index is 1.82. The highest BCUT2D eigenvalue weighted by molar-refractivity contribution is 6.08. The molecule has 2 aromatic carbocycles. The number of halogens is 1. The molecule has 0 unspecified atom stereocenters. The molecule has 0 atom stereocenters. The van der Waals surface area contributed by atoms with Crippen LogP contribution in [0.25, 0.3) is 10.9 Å². The van der Waals surface area contributed by atoms with Gasteiger partial charge in [-0.05, 0) is 36.2 Å². The largest absolute Gasteiger partial charge is 0.360 e. The zero-order chi connectivity index (χ0) is 16.0. The molecule has 0 radical (unpaired) electrons. The third kappa shape index (κ3) is 2.12. The molecule has 0 saturated heterocycles. The van der Waals surface area contributed by atoms with Gasteiger partial charge in [-0.25, -0.2) is 4.39 Å². The first kappa shape index (κ1) is 13.7. The van der Waals surface area contributed by atoms with E-state index in [-0.39, 0.29) is 16.9 Å². The molecule has 2 heterocycles. The Kier molecular flexibility index (Phi) is 3.01. The summed E-state index contributed by atoms with van der Waals surface area (Å²) >= 11 is 0. The van der Waals surface area contributed by atoms with E-state index in [1.807, 2.05) is 24.3 Å². The van der Waals surface area contributed by atoms with Crippen molar-refractivity contribution in [2.45, 2.75) is 6.42 Å². The minimum absolute atomic E-state index is 0.0276. The Bertz CT molecular complexity index is 994. The van der Waals surface area contributed by atoms with E-state index < -0.39 is 11.2 Å². The van der Waals surface area contributed by atoms with Crippen molar-refractivity contribution in [2.24, 2.45) is 0 Å². The van der Waals surface area contributed by atoms with Crippen LogP contribution in [0.2, 0.25) is 0 Å². The van der Waals surface area contributed by atoms with E-state index in [0.29, 0.717) is 12.1 Å². The molecule has 0 saturated carbocycles. The molecule has 5 heteroatoms. The highest BCUT2D eigenvalue weighted by Gasteiger charge is 2.27. The number of anilines is 1. The zero-order valence-corrected chi connectivity index (χ0v) is 12.2. The van der Waals surface area contributed by atoms with E-state index in [2.05, 4.69) is 4.98 Å². The SMILES string of the molecule is O=C(c1c[nH]c2ccc(F)cc2c1=O)N1CCc2ccccc21. The third-order valence-electron chi connectivity index (χ3n) is 4.21. The number of carbonyl (C=O) groups is 1. The van der Waals surface area contributed by atoms with Crippen molar-refractivity contribution in [1.29, 1.82) is 0 Å². The van der Waals surface area contributed by atoms with Crippen LogP contribution in [0.15, 0.2) is 53.5 Å². The Hall–Kier alpha value is -2.95. The molecular formula is C18H13FN2O2. The number of aromatic amines is 1. The smallest absolute Gasteiger partial charge is 0.263 e. The van der Waals surface area contributed by atoms with E-state index >= 15 is 0 Å². The summed E-state index contributed by atoms with van der Waals surface area (Å²) in [5, 5.41) is 0.184. The van der Waals surface area contributed by atoms with Gasteiger partial charge in [0.05, 0.1) is 0 Å². The van der Waals surface area contributed by atoms with Crippen LogP contribution in [0, 0.1) is 5.82 Å². The third-order valence-corrected chi connectivity index (χ3v) is 4.21. The minimum atomic E-state index is -0.501. The summed E-state index contributed by atoms with van der Waals surface area (Å²) in [6, 6.07) is 11.6. The summed E-state index contributed by atoms with van der Waals surface area (Å²) < 4.78 is 13.4. The molecule has 0 spiro atoms. The van der Waals surface area contributed by atoms with Gasteiger partial charge in [0.25, 0.3) is 5.91 Å². The summed E-state index contributed by atoms with van der Waals surface area (Å²) in [7, 11) is 0. The lowest BCUT2D eigenvalue weighted by molar-refractivity contribution is 0.0988. The van der Waals surface area contributed by atoms with Crippen molar-refractivity contribution in [3.8, 4) is 0 Å². The fraction of sp³-hybridized carbons (Fsp3) is 0.111. The zero-order valence-electron chi connectivity index (χ0n) is 12.2. The number of pyridine rings is 1. The molecule has 1 aliphatic heterocycles. The van der Waals surface area contributed by atoms with Crippen molar-refractivity contribution >= 4 is 22.5 Å². The summed E-state index contributed by atoms with van der Waals surface area (Å²) in [6.45, 7) is 0.540. The molecule has 4 nitrogen and oxygen atoms in total. The molecule has 0 bridgehead atoms. The fourth-order valence-electron chi connectivity index (χ4n) is 3.04. The quantitative estimate of drug-likeness (QED) is 0.751. The van der Waals surface area contributed by atoms with Gasteiger partial charge < -0.3 is 9.88 Å². The van der Waals surface area contributed by atoms with Gasteiger partial charge in [0, 0.05) is 29.3 Å². The number of nitrogens with one attached hydrogen (secondary N) is 1. The van der Waals surface area contributed by atoms with Crippen molar-refractivity contribution in [3.63, 3.8) is 0 Å². The first-order valence-electron chi connectivity index (χ1n) is 7.36. The van der Waals surface area contributed by atoms with Gasteiger partial charge in [-0.2, -0.15) is 0 Å². The second-order valence-corrected chi connectivity index (χ2v) is 5.56. The summed E-state index contributed by atoms with van der Waals surface area (Å²) in [4.78, 5) is 29.8. The fourth-order valence-corrected chi connectivity index (χ4v) is 3.04. The first-order valence-corrected chi connectivity index (χ1v) is 7.36. The van der Waals surface area contributed by atoms with Gasteiger partial charge in [0.2, 0.25) is 5.43 Å². The van der Waals surface area contributed by atoms with Crippen LogP contribution >= 0.6 is 0 Å². The first-order chi connectivity index (χ1) is 11.1. The number of aromatic nitrogens is 1. The molecular weight excluding hydrogens is 295 g/mol. The average molecular weight is 308 g/mol. The molecule has 0 aliphatic carbocycles. The number of fused-ring (bicyclic) bond motifs is 2. The van der Waals surface area contributed by atoms with Gasteiger partial charge in [0.15, 0.2) is 0 Å². The predicted octanol–water partition coefficient (Wildman–Crippen LogP) is 2.87. The monoisotopic (exact) mass is 308 g/mol. The minimum Gasteiger partial charge on any atom is -0.360 e. The Morgan fingerprint density at radius 2 is 2.00 bits per heavy atom. The normalized spacial score (nSPS) is 13.3. The van der Waals surface area contributed by atoms with E-state index in [4.69, 9.17) is 0 Å². The Morgan fingerprint density at radius 3 is 2.87 bits per heavy atom. The standard InChI is InChI=1S/C18H13FN2O2/c19-12-5-6-15-13(9-12)17(22)14(10-20-15)18(23)21-8-7-11-3-1-2-4-16(11)21/h1-6,9-10H,7-8H2,(H,20,22). The van der Waals surface area contributed by atoms with Crippen LogP contribution in [0.4, 0.5) is 10.1 Å². The Morgan fingerprint density at radius 1 is 1.17 bits per heavy atom. The molecule has 23 heavy (non-hydrogen) atoms. The number of rotatable bonds is 1. The number of carbonyl (C=O) groups excluding carboxylic acids is 1. The number of hydrogen-bond donors (Lipinski definition) is 1. The van der Waals surface area contributed by atoms with E-state index in [1.54, 1.807) is 4.90 Å². The lowest BCUT2D eigenvalue weighted by atomic mass is 10.1. The molecule has 4 rings (SSSR count). The summed E-state index contributed by atoms with van der Waals surface area (Å²) in [6.07, 6.45) is 2.17. The number of benzene rings is 2. The van der Waals surface area contributed by atoms with Crippen LogP contribution in [0.5, 0.6) is 0 Å². The molecule has 1 amide bonds. The highest BCUT2D eigenvalue weighted by Crippen LogP contribution is 2.28. The number of amides is 1. The number of para-hydroxylation sites is 1. The van der Waals surface area contributed by atoms with Crippen molar-refractivity contribution in [3.05, 3.63) is 75.8 Å². The predicted molar refractivity (Wildman–Crippen MR) is 86.3 cm³/mol. The molecule has 3 aromatic rings. The number of hydrogen-bond acceptors (Lipinski definition) is 2. The van der Waals surface area contributed by atoms with E-state index in [1.165, 1.54) is 18.3 Å². The second-order valence-electron chi connectivity index (χ2n) is 5.56. The highest BCUT2D eigenvalue weighted by atomic mass is 19.1. The van der Waals surface area contributed by atoms with Gasteiger partial charge >= 0.3 is 0 Å². The summed E-state index contributed by atoms with van der Waals surface area (Å²) in [5.41, 5.74) is 2.00. The maximum absolute atomic E-state index is 13.4. The van der Waals surface area contributed by atoms with Crippen LogP contribution in [0.1, 0.15) is 15.9 Å².